The van der Waals surface area contributed by atoms with E-state index in [0.717, 1.165) is 30.2 Å². The number of nitrogens with two attached hydrogens (primary N) is 1. The molecule has 2 heterocycles. The summed E-state index contributed by atoms with van der Waals surface area (Å²) >= 11 is 1.86. The van der Waals surface area contributed by atoms with Gasteiger partial charge in [0, 0.05) is 44.9 Å². The molecule has 3 rings (SSSR count). The van der Waals surface area contributed by atoms with E-state index in [2.05, 4.69) is 9.88 Å². The first-order valence-electron chi connectivity index (χ1n) is 10.3. The maximum atomic E-state index is 13.2. The minimum absolute atomic E-state index is 0.0161. The quantitative estimate of drug-likeness (QED) is 0.541. The van der Waals surface area contributed by atoms with Crippen LogP contribution in [-0.2, 0) is 16.1 Å². The lowest BCUT2D eigenvalue weighted by molar-refractivity contribution is -0.119. The van der Waals surface area contributed by atoms with Crippen molar-refractivity contribution in [1.29, 1.82) is 0 Å². The van der Waals surface area contributed by atoms with E-state index in [-0.39, 0.29) is 37.0 Å². The number of thioether (sulfide) groups is 1. The number of aromatic amines is 1. The van der Waals surface area contributed by atoms with Gasteiger partial charge in [0.15, 0.2) is 5.69 Å². The fourth-order valence-electron chi connectivity index (χ4n) is 3.53. The molecule has 10 heteroatoms. The zero-order valence-electron chi connectivity index (χ0n) is 17.7. The highest BCUT2D eigenvalue weighted by Gasteiger charge is 2.26. The van der Waals surface area contributed by atoms with Crippen LogP contribution in [-0.4, -0.2) is 71.8 Å². The Labute approximate surface area is 185 Å². The normalized spacial score (nSPS) is 14.5. The Morgan fingerprint density at radius 1 is 1.23 bits per heavy atom. The molecule has 0 bridgehead atoms. The Bertz CT molecular complexity index is 985. The molecule has 1 amide bonds. The number of carbonyl (C=O) groups excluding carboxylic acids is 1. The number of ether oxygens (including phenoxy) is 1. The number of carbonyl (C=O) groups is 1. The second-order valence-corrected chi connectivity index (χ2v) is 8.57. The number of hydrogen-bond donors (Lipinski definition) is 2. The number of hydrogen-bond acceptors (Lipinski definition) is 7. The molecule has 0 saturated carbocycles. The lowest BCUT2D eigenvalue weighted by Crippen LogP contribution is -2.47. The van der Waals surface area contributed by atoms with E-state index < -0.39 is 11.2 Å². The number of nitrogen functional groups attached to an aromatic ring is 1. The molecule has 0 radical (unpaired) electrons. The Kier molecular flexibility index (Phi) is 8.33. The third-order valence-corrected chi connectivity index (χ3v) is 6.10. The summed E-state index contributed by atoms with van der Waals surface area (Å²) in [5, 5.41) is 0. The first kappa shape index (κ1) is 23.1. The van der Waals surface area contributed by atoms with Gasteiger partial charge in [0.1, 0.15) is 5.82 Å². The highest BCUT2D eigenvalue weighted by molar-refractivity contribution is 7.99. The van der Waals surface area contributed by atoms with Gasteiger partial charge in [-0.2, -0.15) is 11.8 Å². The highest BCUT2D eigenvalue weighted by atomic mass is 32.2. The van der Waals surface area contributed by atoms with Crippen LogP contribution in [0.25, 0.3) is 0 Å². The minimum Gasteiger partial charge on any atom is -0.385 e. The van der Waals surface area contributed by atoms with Crippen molar-refractivity contribution in [2.24, 2.45) is 0 Å². The molecule has 1 aliphatic heterocycles. The third-order valence-electron chi connectivity index (χ3n) is 5.16. The van der Waals surface area contributed by atoms with Crippen molar-refractivity contribution < 1.29 is 9.53 Å². The highest BCUT2D eigenvalue weighted by Crippen LogP contribution is 2.19. The summed E-state index contributed by atoms with van der Waals surface area (Å²) in [5.74, 6) is 1.71. The smallest absolute Gasteiger partial charge is 0.330 e. The minimum atomic E-state index is -0.660. The van der Waals surface area contributed by atoms with Gasteiger partial charge < -0.3 is 15.4 Å². The van der Waals surface area contributed by atoms with Gasteiger partial charge in [-0.15, -0.1) is 0 Å². The number of amides is 1. The molecular formula is C21H29N5O4S. The van der Waals surface area contributed by atoms with Gasteiger partial charge in [0.05, 0.1) is 13.1 Å². The second-order valence-electron chi connectivity index (χ2n) is 7.35. The lowest BCUT2D eigenvalue weighted by atomic mass is 10.2. The molecular weight excluding hydrogens is 418 g/mol. The largest absolute Gasteiger partial charge is 0.385 e. The molecule has 168 valence electrons. The zero-order chi connectivity index (χ0) is 22.2. The number of nitrogens with zero attached hydrogens (tertiary/aromatic N) is 3. The van der Waals surface area contributed by atoms with Crippen LogP contribution in [0.3, 0.4) is 0 Å². The number of nitrogens with one attached hydrogen (secondary N) is 1. The van der Waals surface area contributed by atoms with Crippen molar-refractivity contribution in [1.82, 2.24) is 14.5 Å². The van der Waals surface area contributed by atoms with E-state index in [0.29, 0.717) is 13.0 Å². The van der Waals surface area contributed by atoms with Gasteiger partial charge in [-0.05, 0) is 12.0 Å². The molecule has 0 atom stereocenters. The van der Waals surface area contributed by atoms with Crippen LogP contribution in [0.1, 0.15) is 12.0 Å². The van der Waals surface area contributed by atoms with Crippen LogP contribution in [0, 0.1) is 0 Å². The predicted octanol–water partition coefficient (Wildman–Crippen LogP) is 0.585. The summed E-state index contributed by atoms with van der Waals surface area (Å²) in [6.45, 7) is 2.74. The Morgan fingerprint density at radius 3 is 2.61 bits per heavy atom. The molecule has 0 unspecified atom stereocenters. The van der Waals surface area contributed by atoms with Crippen molar-refractivity contribution in [2.75, 3.05) is 62.0 Å². The van der Waals surface area contributed by atoms with Crippen molar-refractivity contribution in [2.45, 2.75) is 13.0 Å². The average molecular weight is 448 g/mol. The number of rotatable bonds is 9. The molecule has 1 aromatic carbocycles. The summed E-state index contributed by atoms with van der Waals surface area (Å²) in [4.78, 5) is 44.2. The van der Waals surface area contributed by atoms with Crippen LogP contribution < -0.4 is 21.9 Å². The molecule has 1 aromatic heterocycles. The van der Waals surface area contributed by atoms with Gasteiger partial charge in [-0.1, -0.05) is 30.3 Å². The first-order chi connectivity index (χ1) is 15.0. The molecule has 2 aromatic rings. The number of anilines is 2. The van der Waals surface area contributed by atoms with Crippen LogP contribution in [0.5, 0.6) is 0 Å². The summed E-state index contributed by atoms with van der Waals surface area (Å²) in [5.41, 5.74) is 5.92. The summed E-state index contributed by atoms with van der Waals surface area (Å²) in [6, 6.07) is 9.34. The molecule has 3 N–H and O–H groups in total. The zero-order valence-corrected chi connectivity index (χ0v) is 18.5. The fraction of sp³-hybridized carbons (Fsp3) is 0.476. The van der Waals surface area contributed by atoms with Crippen molar-refractivity contribution in [3.8, 4) is 0 Å². The first-order valence-corrected chi connectivity index (χ1v) is 11.4. The maximum absolute atomic E-state index is 13.2. The fourth-order valence-corrected chi connectivity index (χ4v) is 4.50. The standard InChI is InChI=1S/C21H29N5O4S/c1-30-11-5-8-25(17(27)15-24-9-12-31-13-10-24)18-19(22)26(21(29)23-20(18)28)14-16-6-3-2-4-7-16/h2-4,6-7H,5,8-15,22H2,1H3,(H,23,28,29). The van der Waals surface area contributed by atoms with E-state index in [4.69, 9.17) is 10.5 Å². The van der Waals surface area contributed by atoms with E-state index >= 15 is 0 Å². The molecule has 31 heavy (non-hydrogen) atoms. The summed E-state index contributed by atoms with van der Waals surface area (Å²) in [7, 11) is 1.58. The SMILES string of the molecule is COCCCN(C(=O)CN1CCSCC1)c1c(N)n(Cc2ccccc2)c(=O)[nH]c1=O. The molecule has 0 spiro atoms. The van der Waals surface area contributed by atoms with Crippen molar-refractivity contribution in [3.63, 3.8) is 0 Å². The van der Waals surface area contributed by atoms with Crippen LogP contribution in [0.15, 0.2) is 39.9 Å². The van der Waals surface area contributed by atoms with E-state index in [1.807, 2.05) is 42.1 Å². The summed E-state index contributed by atoms with van der Waals surface area (Å²) in [6.07, 6.45) is 0.536. The van der Waals surface area contributed by atoms with Crippen molar-refractivity contribution in [3.05, 3.63) is 56.7 Å². The van der Waals surface area contributed by atoms with Gasteiger partial charge in [-0.25, -0.2) is 4.79 Å². The van der Waals surface area contributed by atoms with Crippen LogP contribution in [0.2, 0.25) is 0 Å². The van der Waals surface area contributed by atoms with Gasteiger partial charge in [0.25, 0.3) is 5.56 Å². The van der Waals surface area contributed by atoms with Crippen LogP contribution >= 0.6 is 11.8 Å². The Morgan fingerprint density at radius 2 is 1.94 bits per heavy atom. The van der Waals surface area contributed by atoms with E-state index in [9.17, 15) is 14.4 Å². The number of benzene rings is 1. The van der Waals surface area contributed by atoms with Gasteiger partial charge >= 0.3 is 5.69 Å². The molecule has 1 fully saturated rings. The monoisotopic (exact) mass is 447 g/mol. The Balaban J connectivity index is 1.94. The lowest BCUT2D eigenvalue weighted by Gasteiger charge is -2.30. The molecule has 0 aliphatic carbocycles. The number of methoxy groups -OCH3 is 1. The maximum Gasteiger partial charge on any atom is 0.330 e. The number of aromatic nitrogens is 2. The predicted molar refractivity (Wildman–Crippen MR) is 124 cm³/mol. The second kappa shape index (κ2) is 11.2. The molecule has 9 nitrogen and oxygen atoms in total. The van der Waals surface area contributed by atoms with Gasteiger partial charge in [-0.3, -0.25) is 24.0 Å². The van der Waals surface area contributed by atoms with Crippen molar-refractivity contribution >= 4 is 29.2 Å². The molecule has 1 aliphatic rings. The third kappa shape index (κ3) is 5.99. The van der Waals surface area contributed by atoms with E-state index in [1.54, 1.807) is 7.11 Å². The van der Waals surface area contributed by atoms with E-state index in [1.165, 1.54) is 9.47 Å². The van der Waals surface area contributed by atoms with Gasteiger partial charge in [0.2, 0.25) is 5.91 Å². The van der Waals surface area contributed by atoms with Crippen LogP contribution in [0.4, 0.5) is 11.5 Å². The summed E-state index contributed by atoms with van der Waals surface area (Å²) < 4.78 is 6.41. The topological polar surface area (TPSA) is 114 Å². The number of H-pyrrole nitrogens is 1. The Hall–Kier alpha value is -2.56. The molecule has 1 saturated heterocycles. The average Bonchev–Trinajstić information content (AvgIpc) is 2.77.